The molecule has 0 atom stereocenters. The second-order valence-electron chi connectivity index (χ2n) is 7.61. The maximum atomic E-state index is 14.3. The third-order valence-corrected chi connectivity index (χ3v) is 6.95. The van der Waals surface area contributed by atoms with E-state index in [0.29, 0.717) is 23.1 Å². The number of nitrogens with zero attached hydrogens (tertiary/aromatic N) is 3. The number of anilines is 1. The molecule has 0 fully saturated rings. The molecular weight excluding hydrogens is 504 g/mol. The molecule has 0 radical (unpaired) electrons. The molecule has 0 saturated heterocycles. The highest BCUT2D eigenvalue weighted by Gasteiger charge is 2.29. The van der Waals surface area contributed by atoms with Crippen LogP contribution in [-0.2, 0) is 16.3 Å². The number of carbonyl (C=O) groups is 1. The number of alkyl halides is 3. The van der Waals surface area contributed by atoms with E-state index in [-0.39, 0.29) is 16.9 Å². The van der Waals surface area contributed by atoms with Gasteiger partial charge in [0.25, 0.3) is 5.91 Å². The minimum absolute atomic E-state index is 0.132. The number of sulfone groups is 1. The van der Waals surface area contributed by atoms with Crippen LogP contribution in [0.3, 0.4) is 0 Å². The summed E-state index contributed by atoms with van der Waals surface area (Å²) < 4.78 is 83.5. The molecule has 36 heavy (non-hydrogen) atoms. The molecule has 0 saturated carbocycles. The van der Waals surface area contributed by atoms with Crippen LogP contribution in [0.5, 0.6) is 5.75 Å². The predicted octanol–water partition coefficient (Wildman–Crippen LogP) is 4.46. The van der Waals surface area contributed by atoms with Gasteiger partial charge in [-0.2, -0.15) is 13.2 Å². The molecule has 2 aromatic heterocycles. The standard InChI is InChI=1S/C23H18F4N4O4S/c1-2-14-9-16(30-21(32)15-11-29-22-28-7-8-31(22)12-15)3-6-20(14)36(33,34)17-4-5-19(18(24)10-17)35-13-23(25,26)27/h3-12H,2,13H2,1H3,(H,30,32). The van der Waals surface area contributed by atoms with Crippen LogP contribution in [0, 0.1) is 5.82 Å². The van der Waals surface area contributed by atoms with E-state index in [4.69, 9.17) is 0 Å². The summed E-state index contributed by atoms with van der Waals surface area (Å²) in [4.78, 5) is 20.1. The molecule has 8 nitrogen and oxygen atoms in total. The molecule has 13 heteroatoms. The number of imidazole rings is 1. The van der Waals surface area contributed by atoms with Crippen molar-refractivity contribution in [3.63, 3.8) is 0 Å². The normalized spacial score (nSPS) is 12.0. The fourth-order valence-corrected chi connectivity index (χ4v) is 4.94. The Hall–Kier alpha value is -4.00. The molecule has 0 aliphatic rings. The fraction of sp³-hybridized carbons (Fsp3) is 0.174. The zero-order valence-electron chi connectivity index (χ0n) is 18.6. The van der Waals surface area contributed by atoms with Crippen molar-refractivity contribution in [2.24, 2.45) is 0 Å². The summed E-state index contributed by atoms with van der Waals surface area (Å²) in [5, 5.41) is 2.68. The molecule has 1 N–H and O–H groups in total. The van der Waals surface area contributed by atoms with Gasteiger partial charge in [0.05, 0.1) is 15.4 Å². The van der Waals surface area contributed by atoms with E-state index in [0.717, 1.165) is 12.1 Å². The van der Waals surface area contributed by atoms with Gasteiger partial charge in [0, 0.05) is 30.5 Å². The Kier molecular flexibility index (Phi) is 6.67. The van der Waals surface area contributed by atoms with Crippen LogP contribution in [0.4, 0.5) is 23.2 Å². The van der Waals surface area contributed by atoms with Crippen LogP contribution in [0.2, 0.25) is 0 Å². The second-order valence-corrected chi connectivity index (χ2v) is 9.52. The molecule has 4 rings (SSSR count). The number of nitrogens with one attached hydrogen (secondary N) is 1. The topological polar surface area (TPSA) is 103 Å². The van der Waals surface area contributed by atoms with Crippen molar-refractivity contribution < 1.29 is 35.5 Å². The number of benzene rings is 2. The van der Waals surface area contributed by atoms with E-state index in [9.17, 15) is 30.8 Å². The number of halogens is 4. The largest absolute Gasteiger partial charge is 0.481 e. The van der Waals surface area contributed by atoms with Gasteiger partial charge in [0.2, 0.25) is 15.6 Å². The summed E-state index contributed by atoms with van der Waals surface area (Å²) in [6.07, 6.45) is 1.65. The Bertz CT molecular complexity index is 1550. The van der Waals surface area contributed by atoms with Crippen LogP contribution in [0.1, 0.15) is 22.8 Å². The summed E-state index contributed by atoms with van der Waals surface area (Å²) in [7, 11) is -4.23. The Morgan fingerprint density at radius 1 is 1.14 bits per heavy atom. The van der Waals surface area contributed by atoms with E-state index in [1.54, 1.807) is 23.7 Å². The van der Waals surface area contributed by atoms with Gasteiger partial charge < -0.3 is 10.1 Å². The van der Waals surface area contributed by atoms with Crippen LogP contribution >= 0.6 is 0 Å². The summed E-state index contributed by atoms with van der Waals surface area (Å²) in [5.41, 5.74) is 0.913. The maximum Gasteiger partial charge on any atom is 0.422 e. The molecule has 0 bridgehead atoms. The minimum Gasteiger partial charge on any atom is -0.481 e. The highest BCUT2D eigenvalue weighted by Crippen LogP contribution is 2.30. The van der Waals surface area contributed by atoms with E-state index in [1.807, 2.05) is 0 Å². The number of carbonyl (C=O) groups excluding carboxylic acids is 1. The molecule has 0 aliphatic heterocycles. The first-order chi connectivity index (χ1) is 17.0. The summed E-state index contributed by atoms with van der Waals surface area (Å²) in [5.74, 6) is -2.02. The Morgan fingerprint density at radius 3 is 2.61 bits per heavy atom. The highest BCUT2D eigenvalue weighted by molar-refractivity contribution is 7.91. The summed E-state index contributed by atoms with van der Waals surface area (Å²) in [6.45, 7) is -0.0130. The van der Waals surface area contributed by atoms with Crippen molar-refractivity contribution in [1.82, 2.24) is 14.4 Å². The smallest absolute Gasteiger partial charge is 0.422 e. The van der Waals surface area contributed by atoms with E-state index < -0.39 is 45.0 Å². The van der Waals surface area contributed by atoms with Crippen LogP contribution in [0.15, 0.2) is 71.0 Å². The lowest BCUT2D eigenvalue weighted by molar-refractivity contribution is -0.153. The Morgan fingerprint density at radius 2 is 1.92 bits per heavy atom. The lowest BCUT2D eigenvalue weighted by atomic mass is 10.1. The van der Waals surface area contributed by atoms with Gasteiger partial charge in [-0.15, -0.1) is 0 Å². The molecule has 0 spiro atoms. The molecule has 4 aromatic rings. The molecular formula is C23H18F4N4O4S. The average molecular weight is 522 g/mol. The quantitative estimate of drug-likeness (QED) is 0.360. The van der Waals surface area contributed by atoms with E-state index in [1.165, 1.54) is 30.6 Å². The van der Waals surface area contributed by atoms with Crippen LogP contribution < -0.4 is 10.1 Å². The summed E-state index contributed by atoms with van der Waals surface area (Å²) >= 11 is 0. The maximum absolute atomic E-state index is 14.3. The molecule has 0 unspecified atom stereocenters. The van der Waals surface area contributed by atoms with E-state index >= 15 is 0 Å². The van der Waals surface area contributed by atoms with Gasteiger partial charge in [-0.1, -0.05) is 6.92 Å². The first-order valence-electron chi connectivity index (χ1n) is 10.4. The number of rotatable bonds is 7. The SMILES string of the molecule is CCc1cc(NC(=O)c2cnc3nccn3c2)ccc1S(=O)(=O)c1ccc(OCC(F)(F)F)c(F)c1. The fourth-order valence-electron chi connectivity index (χ4n) is 3.38. The van der Waals surface area contributed by atoms with Gasteiger partial charge in [0.15, 0.2) is 18.2 Å². The zero-order valence-corrected chi connectivity index (χ0v) is 19.4. The van der Waals surface area contributed by atoms with Crippen LogP contribution in [0.25, 0.3) is 5.78 Å². The minimum atomic E-state index is -4.67. The second kappa shape index (κ2) is 9.57. The number of aryl methyl sites for hydroxylation is 1. The molecule has 188 valence electrons. The van der Waals surface area contributed by atoms with Crippen molar-refractivity contribution in [2.45, 2.75) is 29.3 Å². The monoisotopic (exact) mass is 522 g/mol. The third-order valence-electron chi connectivity index (χ3n) is 5.10. The van der Waals surface area contributed by atoms with Crippen LogP contribution in [-0.4, -0.2) is 41.5 Å². The number of fused-ring (bicyclic) bond motifs is 1. The number of ether oxygens (including phenoxy) is 1. The Balaban J connectivity index is 1.57. The predicted molar refractivity (Wildman–Crippen MR) is 120 cm³/mol. The van der Waals surface area contributed by atoms with Crippen molar-refractivity contribution in [3.8, 4) is 5.75 Å². The zero-order chi connectivity index (χ0) is 26.1. The third kappa shape index (κ3) is 5.30. The Labute approximate surface area is 202 Å². The van der Waals surface area contributed by atoms with Crippen molar-refractivity contribution in [2.75, 3.05) is 11.9 Å². The molecule has 0 aliphatic carbocycles. The van der Waals surface area contributed by atoms with Gasteiger partial charge in [-0.3, -0.25) is 9.20 Å². The number of amides is 1. The molecule has 1 amide bonds. The van der Waals surface area contributed by atoms with Gasteiger partial charge in [-0.05, 0) is 48.4 Å². The lowest BCUT2D eigenvalue weighted by Crippen LogP contribution is -2.19. The highest BCUT2D eigenvalue weighted by atomic mass is 32.2. The number of aromatic nitrogens is 3. The summed E-state index contributed by atoms with van der Waals surface area (Å²) in [6, 6.07) is 6.54. The first-order valence-corrected chi connectivity index (χ1v) is 11.9. The number of hydrogen-bond acceptors (Lipinski definition) is 6. The van der Waals surface area contributed by atoms with Crippen molar-refractivity contribution in [3.05, 3.63) is 78.1 Å². The lowest BCUT2D eigenvalue weighted by Gasteiger charge is -2.14. The molecule has 2 aromatic carbocycles. The van der Waals surface area contributed by atoms with Crippen molar-refractivity contribution in [1.29, 1.82) is 0 Å². The molecule has 2 heterocycles. The van der Waals surface area contributed by atoms with Crippen molar-refractivity contribution >= 4 is 27.2 Å². The average Bonchev–Trinajstić information content (AvgIpc) is 3.30. The van der Waals surface area contributed by atoms with Gasteiger partial charge >= 0.3 is 6.18 Å². The number of hydrogen-bond donors (Lipinski definition) is 1. The first kappa shape index (κ1) is 25.1. The van der Waals surface area contributed by atoms with Gasteiger partial charge in [-0.25, -0.2) is 22.8 Å². The van der Waals surface area contributed by atoms with Gasteiger partial charge in [0.1, 0.15) is 0 Å². The van der Waals surface area contributed by atoms with E-state index in [2.05, 4.69) is 20.0 Å².